The predicted octanol–water partition coefficient (Wildman–Crippen LogP) is 4.22. The van der Waals surface area contributed by atoms with E-state index in [1.165, 1.54) is 34.2 Å². The molecule has 0 aromatic heterocycles. The van der Waals surface area contributed by atoms with Crippen molar-refractivity contribution in [3.63, 3.8) is 0 Å². The van der Waals surface area contributed by atoms with Gasteiger partial charge in [0, 0.05) is 6.04 Å². The van der Waals surface area contributed by atoms with Crippen molar-refractivity contribution in [1.82, 2.24) is 0 Å². The molecular formula is C19H23NO. The molecule has 2 nitrogen and oxygen atoms in total. The van der Waals surface area contributed by atoms with E-state index in [2.05, 4.69) is 50.2 Å². The molecule has 0 saturated heterocycles. The van der Waals surface area contributed by atoms with Gasteiger partial charge in [-0.1, -0.05) is 24.3 Å². The number of nitrogens with two attached hydrogens (primary N) is 1. The Morgan fingerprint density at radius 1 is 1.14 bits per heavy atom. The molecule has 0 bridgehead atoms. The molecule has 110 valence electrons. The minimum Gasteiger partial charge on any atom is -0.489 e. The Hall–Kier alpha value is -1.80. The summed E-state index contributed by atoms with van der Waals surface area (Å²) in [6.45, 7) is 4.88. The quantitative estimate of drug-likeness (QED) is 0.914. The standard InChI is InChI=1S/C19H23NO/c1-13-5-3-6-14(2)18(13)12-21-16-10-9-15-7-4-8-19(20)17(15)11-16/h3,5-6,9-11,19H,4,7-8,12,20H2,1-2H3/t19-/m1/s1. The fraction of sp³-hybridized carbons (Fsp3) is 0.368. The molecule has 2 heteroatoms. The lowest BCUT2D eigenvalue weighted by atomic mass is 9.88. The molecule has 1 aliphatic carbocycles. The monoisotopic (exact) mass is 281 g/mol. The highest BCUT2D eigenvalue weighted by atomic mass is 16.5. The van der Waals surface area contributed by atoms with Crippen LogP contribution in [0.15, 0.2) is 36.4 Å². The summed E-state index contributed by atoms with van der Waals surface area (Å²) in [5.41, 5.74) is 12.7. The molecule has 0 heterocycles. The lowest BCUT2D eigenvalue weighted by Gasteiger charge is -2.23. The van der Waals surface area contributed by atoms with Crippen LogP contribution in [0.5, 0.6) is 5.75 Å². The lowest BCUT2D eigenvalue weighted by Crippen LogP contribution is -2.17. The fourth-order valence-electron chi connectivity index (χ4n) is 3.14. The maximum atomic E-state index is 6.22. The Balaban J connectivity index is 1.78. The van der Waals surface area contributed by atoms with Crippen LogP contribution in [0, 0.1) is 13.8 Å². The molecule has 3 rings (SSSR count). The number of fused-ring (bicyclic) bond motifs is 1. The summed E-state index contributed by atoms with van der Waals surface area (Å²) in [6.07, 6.45) is 3.41. The first-order chi connectivity index (χ1) is 10.1. The number of benzene rings is 2. The number of hydrogen-bond donors (Lipinski definition) is 1. The lowest BCUT2D eigenvalue weighted by molar-refractivity contribution is 0.303. The van der Waals surface area contributed by atoms with Crippen molar-refractivity contribution < 1.29 is 4.74 Å². The molecule has 0 spiro atoms. The summed E-state index contributed by atoms with van der Waals surface area (Å²) in [7, 11) is 0. The molecule has 0 fully saturated rings. The van der Waals surface area contributed by atoms with Gasteiger partial charge in [-0.3, -0.25) is 0 Å². The van der Waals surface area contributed by atoms with Gasteiger partial charge in [-0.15, -0.1) is 0 Å². The van der Waals surface area contributed by atoms with Crippen LogP contribution in [0.1, 0.15) is 46.7 Å². The van der Waals surface area contributed by atoms with Gasteiger partial charge in [0.05, 0.1) is 0 Å². The van der Waals surface area contributed by atoms with E-state index in [-0.39, 0.29) is 6.04 Å². The van der Waals surface area contributed by atoms with Crippen molar-refractivity contribution in [2.45, 2.75) is 45.8 Å². The number of rotatable bonds is 3. The molecule has 0 unspecified atom stereocenters. The van der Waals surface area contributed by atoms with Gasteiger partial charge in [0.1, 0.15) is 12.4 Å². The van der Waals surface area contributed by atoms with Crippen LogP contribution in [0.3, 0.4) is 0 Å². The van der Waals surface area contributed by atoms with Gasteiger partial charge in [-0.2, -0.15) is 0 Å². The van der Waals surface area contributed by atoms with Gasteiger partial charge in [-0.25, -0.2) is 0 Å². The van der Waals surface area contributed by atoms with Crippen LogP contribution < -0.4 is 10.5 Å². The number of hydrogen-bond acceptors (Lipinski definition) is 2. The Kier molecular flexibility index (Phi) is 3.98. The minimum absolute atomic E-state index is 0.164. The average molecular weight is 281 g/mol. The second-order valence-electron chi connectivity index (χ2n) is 6.02. The summed E-state index contributed by atoms with van der Waals surface area (Å²) in [6, 6.07) is 12.9. The first kappa shape index (κ1) is 14.2. The SMILES string of the molecule is Cc1cccc(C)c1COc1ccc2c(c1)[C@H](N)CCC2. The third-order valence-electron chi connectivity index (χ3n) is 4.51. The summed E-state index contributed by atoms with van der Waals surface area (Å²) in [4.78, 5) is 0. The molecule has 21 heavy (non-hydrogen) atoms. The summed E-state index contributed by atoms with van der Waals surface area (Å²) < 4.78 is 6.01. The normalized spacial score (nSPS) is 17.4. The first-order valence-electron chi connectivity index (χ1n) is 7.71. The van der Waals surface area contributed by atoms with Crippen molar-refractivity contribution in [3.05, 3.63) is 64.2 Å². The highest BCUT2D eigenvalue weighted by Crippen LogP contribution is 2.31. The molecule has 2 aromatic rings. The van der Waals surface area contributed by atoms with Crippen LogP contribution in [-0.2, 0) is 13.0 Å². The van der Waals surface area contributed by atoms with E-state index in [9.17, 15) is 0 Å². The maximum Gasteiger partial charge on any atom is 0.120 e. The van der Waals surface area contributed by atoms with E-state index in [0.29, 0.717) is 6.61 Å². The Morgan fingerprint density at radius 3 is 2.67 bits per heavy atom. The van der Waals surface area contributed by atoms with E-state index in [1.807, 2.05) is 0 Å². The van der Waals surface area contributed by atoms with Crippen LogP contribution in [0.2, 0.25) is 0 Å². The van der Waals surface area contributed by atoms with Crippen molar-refractivity contribution in [2.75, 3.05) is 0 Å². The molecule has 2 N–H and O–H groups in total. The van der Waals surface area contributed by atoms with Gasteiger partial charge in [0.15, 0.2) is 0 Å². The molecule has 2 aromatic carbocycles. The fourth-order valence-corrected chi connectivity index (χ4v) is 3.14. The molecular weight excluding hydrogens is 258 g/mol. The molecule has 0 aliphatic heterocycles. The third-order valence-corrected chi connectivity index (χ3v) is 4.51. The van der Waals surface area contributed by atoms with Gasteiger partial charge in [0.2, 0.25) is 0 Å². The van der Waals surface area contributed by atoms with Gasteiger partial charge >= 0.3 is 0 Å². The topological polar surface area (TPSA) is 35.2 Å². The Bertz CT molecular complexity index is 628. The maximum absolute atomic E-state index is 6.22. The van der Waals surface area contributed by atoms with Crippen LogP contribution in [0.25, 0.3) is 0 Å². The van der Waals surface area contributed by atoms with E-state index < -0.39 is 0 Å². The van der Waals surface area contributed by atoms with Crippen molar-refractivity contribution >= 4 is 0 Å². The van der Waals surface area contributed by atoms with E-state index in [4.69, 9.17) is 10.5 Å². The summed E-state index contributed by atoms with van der Waals surface area (Å²) in [5.74, 6) is 0.925. The van der Waals surface area contributed by atoms with Crippen molar-refractivity contribution in [1.29, 1.82) is 0 Å². The third kappa shape index (κ3) is 2.96. The Morgan fingerprint density at radius 2 is 1.90 bits per heavy atom. The second-order valence-corrected chi connectivity index (χ2v) is 6.02. The molecule has 1 aliphatic rings. The largest absolute Gasteiger partial charge is 0.489 e. The zero-order chi connectivity index (χ0) is 14.8. The highest BCUT2D eigenvalue weighted by Gasteiger charge is 2.17. The second kappa shape index (κ2) is 5.90. The van der Waals surface area contributed by atoms with Crippen LogP contribution in [-0.4, -0.2) is 0 Å². The predicted molar refractivity (Wildman–Crippen MR) is 86.6 cm³/mol. The molecule has 1 atom stereocenters. The number of aryl methyl sites for hydroxylation is 3. The van der Waals surface area contributed by atoms with E-state index in [1.54, 1.807) is 0 Å². The van der Waals surface area contributed by atoms with Crippen molar-refractivity contribution in [3.8, 4) is 5.75 Å². The van der Waals surface area contributed by atoms with Gasteiger partial charge in [-0.05, 0) is 73.1 Å². The first-order valence-corrected chi connectivity index (χ1v) is 7.71. The van der Waals surface area contributed by atoms with E-state index >= 15 is 0 Å². The minimum atomic E-state index is 0.164. The van der Waals surface area contributed by atoms with Gasteiger partial charge < -0.3 is 10.5 Å². The van der Waals surface area contributed by atoms with Crippen molar-refractivity contribution in [2.24, 2.45) is 5.73 Å². The zero-order valence-corrected chi connectivity index (χ0v) is 12.9. The molecule has 0 amide bonds. The molecule has 0 saturated carbocycles. The highest BCUT2D eigenvalue weighted by molar-refractivity contribution is 5.39. The smallest absolute Gasteiger partial charge is 0.120 e. The van der Waals surface area contributed by atoms with Crippen LogP contribution in [0.4, 0.5) is 0 Å². The summed E-state index contributed by atoms with van der Waals surface area (Å²) in [5, 5.41) is 0. The number of ether oxygens (including phenoxy) is 1. The van der Waals surface area contributed by atoms with E-state index in [0.717, 1.165) is 18.6 Å². The summed E-state index contributed by atoms with van der Waals surface area (Å²) >= 11 is 0. The molecule has 0 radical (unpaired) electrons. The zero-order valence-electron chi connectivity index (χ0n) is 12.9. The van der Waals surface area contributed by atoms with Crippen LogP contribution >= 0.6 is 0 Å². The average Bonchev–Trinajstić information content (AvgIpc) is 2.47. The Labute approximate surface area is 126 Å². The van der Waals surface area contributed by atoms with Gasteiger partial charge in [0.25, 0.3) is 0 Å².